The summed E-state index contributed by atoms with van der Waals surface area (Å²) in [5.41, 5.74) is 0.925. The Morgan fingerprint density at radius 3 is 2.19 bits per heavy atom. The van der Waals surface area contributed by atoms with Gasteiger partial charge in [-0.2, -0.15) is 0 Å². The Morgan fingerprint density at radius 1 is 0.786 bits per heavy atom. The van der Waals surface area contributed by atoms with Gasteiger partial charge in [0.05, 0.1) is 19.4 Å². The summed E-state index contributed by atoms with van der Waals surface area (Å²) >= 11 is 0. The Labute approximate surface area is 252 Å². The van der Waals surface area contributed by atoms with Crippen LogP contribution in [-0.4, -0.2) is 54.7 Å². The number of hydrogen-bond acceptors (Lipinski definition) is 6. The molecule has 2 amide bonds. The number of benzene rings is 1. The molecule has 0 fully saturated rings. The summed E-state index contributed by atoms with van der Waals surface area (Å²) < 4.78 is 22.0. The molecule has 2 heterocycles. The standard InChI is InChI=1S/C34H52N2O6/c1-3-5-6-7-8-9-10-11-12-13-14-18-33(37)35(21-16-22-39-4-2)27-34(38)36(26-30-17-15-23-40-30)25-29-19-20-31-32(24-29)42-28-41-31/h15,17,19-20,23-24H,3-14,16,18,21-22,25-28H2,1-2H3. The van der Waals surface area contributed by atoms with E-state index in [2.05, 4.69) is 6.92 Å². The lowest BCUT2D eigenvalue weighted by Crippen LogP contribution is -2.43. The van der Waals surface area contributed by atoms with Crippen LogP contribution in [-0.2, 0) is 27.4 Å². The second-order valence-electron chi connectivity index (χ2n) is 11.2. The quantitative estimate of drug-likeness (QED) is 0.126. The van der Waals surface area contributed by atoms with E-state index in [1.807, 2.05) is 37.3 Å². The van der Waals surface area contributed by atoms with Crippen molar-refractivity contribution in [3.05, 3.63) is 47.9 Å². The van der Waals surface area contributed by atoms with E-state index < -0.39 is 0 Å². The zero-order chi connectivity index (χ0) is 29.8. The fourth-order valence-electron chi connectivity index (χ4n) is 5.24. The van der Waals surface area contributed by atoms with Crippen molar-refractivity contribution in [3.8, 4) is 11.5 Å². The first-order chi connectivity index (χ1) is 20.6. The highest BCUT2D eigenvalue weighted by molar-refractivity contribution is 5.84. The molecule has 8 heteroatoms. The van der Waals surface area contributed by atoms with Gasteiger partial charge in [0.15, 0.2) is 11.5 Å². The van der Waals surface area contributed by atoms with Crippen LogP contribution in [0.1, 0.15) is 109 Å². The van der Waals surface area contributed by atoms with Crippen LogP contribution in [0.4, 0.5) is 0 Å². The molecule has 1 aliphatic heterocycles. The first kappa shape index (κ1) is 33.5. The molecular formula is C34H52N2O6. The van der Waals surface area contributed by atoms with Gasteiger partial charge < -0.3 is 28.4 Å². The van der Waals surface area contributed by atoms with Gasteiger partial charge in [-0.3, -0.25) is 9.59 Å². The Kier molecular flexibility index (Phi) is 16.0. The molecule has 0 aliphatic carbocycles. The molecule has 42 heavy (non-hydrogen) atoms. The van der Waals surface area contributed by atoms with Crippen molar-refractivity contribution in [3.63, 3.8) is 0 Å². The molecule has 234 valence electrons. The highest BCUT2D eigenvalue weighted by Gasteiger charge is 2.23. The van der Waals surface area contributed by atoms with Crippen LogP contribution < -0.4 is 9.47 Å². The highest BCUT2D eigenvalue weighted by Crippen LogP contribution is 2.33. The summed E-state index contributed by atoms with van der Waals surface area (Å²) in [6.45, 7) is 6.85. The summed E-state index contributed by atoms with van der Waals surface area (Å²) in [5.74, 6) is 2.00. The predicted molar refractivity (Wildman–Crippen MR) is 164 cm³/mol. The van der Waals surface area contributed by atoms with Crippen molar-refractivity contribution >= 4 is 11.8 Å². The number of carbonyl (C=O) groups is 2. The zero-order valence-corrected chi connectivity index (χ0v) is 26.0. The molecule has 0 atom stereocenters. The van der Waals surface area contributed by atoms with Gasteiger partial charge in [0.2, 0.25) is 18.6 Å². The second kappa shape index (κ2) is 20.0. The van der Waals surface area contributed by atoms with Gasteiger partial charge in [-0.1, -0.05) is 77.2 Å². The summed E-state index contributed by atoms with van der Waals surface area (Å²) in [5, 5.41) is 0. The third-order valence-electron chi connectivity index (χ3n) is 7.68. The molecule has 0 bridgehead atoms. The number of unbranched alkanes of at least 4 members (excludes halogenated alkanes) is 10. The molecule has 0 radical (unpaired) electrons. The lowest BCUT2D eigenvalue weighted by molar-refractivity contribution is -0.141. The van der Waals surface area contributed by atoms with Crippen molar-refractivity contribution in [1.82, 2.24) is 9.80 Å². The molecule has 1 aromatic heterocycles. The Hall–Kier alpha value is -3.00. The lowest BCUT2D eigenvalue weighted by atomic mass is 10.1. The van der Waals surface area contributed by atoms with E-state index in [1.54, 1.807) is 16.1 Å². The van der Waals surface area contributed by atoms with E-state index in [1.165, 1.54) is 51.4 Å². The lowest BCUT2D eigenvalue weighted by Gasteiger charge is -2.27. The SMILES string of the molecule is CCCCCCCCCCCCCC(=O)N(CCCOCC)CC(=O)N(Cc1ccc2c(c1)OCO2)Cc1ccco1. The molecule has 1 aliphatic rings. The van der Waals surface area contributed by atoms with E-state index in [9.17, 15) is 9.59 Å². The van der Waals surface area contributed by atoms with Crippen LogP contribution in [0.3, 0.4) is 0 Å². The number of nitrogens with zero attached hydrogens (tertiary/aromatic N) is 2. The summed E-state index contributed by atoms with van der Waals surface area (Å²) in [4.78, 5) is 30.4. The zero-order valence-electron chi connectivity index (χ0n) is 26.0. The van der Waals surface area contributed by atoms with Crippen molar-refractivity contribution in [2.75, 3.05) is 33.1 Å². The number of carbonyl (C=O) groups excluding carboxylic acids is 2. The molecule has 1 aromatic carbocycles. The van der Waals surface area contributed by atoms with Crippen LogP contribution >= 0.6 is 0 Å². The minimum atomic E-state index is -0.118. The van der Waals surface area contributed by atoms with Crippen molar-refractivity contribution in [2.24, 2.45) is 0 Å². The van der Waals surface area contributed by atoms with Crippen LogP contribution in [0.2, 0.25) is 0 Å². The maximum Gasteiger partial charge on any atom is 0.242 e. The maximum atomic E-state index is 13.7. The van der Waals surface area contributed by atoms with E-state index in [-0.39, 0.29) is 25.2 Å². The Bertz CT molecular complexity index is 1030. The van der Waals surface area contributed by atoms with E-state index in [0.29, 0.717) is 62.9 Å². The van der Waals surface area contributed by atoms with E-state index in [4.69, 9.17) is 18.6 Å². The van der Waals surface area contributed by atoms with Gasteiger partial charge in [-0.05, 0) is 49.6 Å². The molecule has 0 saturated heterocycles. The average Bonchev–Trinajstić information content (AvgIpc) is 3.69. The van der Waals surface area contributed by atoms with Gasteiger partial charge >= 0.3 is 0 Å². The van der Waals surface area contributed by atoms with Gasteiger partial charge in [-0.25, -0.2) is 0 Å². The number of amides is 2. The third kappa shape index (κ3) is 12.5. The third-order valence-corrected chi connectivity index (χ3v) is 7.68. The molecule has 0 spiro atoms. The molecular weight excluding hydrogens is 532 g/mol. The summed E-state index contributed by atoms with van der Waals surface area (Å²) in [6, 6.07) is 9.38. The fraction of sp³-hybridized carbons (Fsp3) is 0.647. The Balaban J connectivity index is 1.51. The molecule has 0 N–H and O–H groups in total. The van der Waals surface area contributed by atoms with E-state index in [0.717, 1.165) is 24.8 Å². The van der Waals surface area contributed by atoms with Crippen LogP contribution in [0.15, 0.2) is 41.0 Å². The number of furan rings is 1. The smallest absolute Gasteiger partial charge is 0.242 e. The molecule has 2 aromatic rings. The monoisotopic (exact) mass is 584 g/mol. The predicted octanol–water partition coefficient (Wildman–Crippen LogP) is 7.49. The highest BCUT2D eigenvalue weighted by atomic mass is 16.7. The molecule has 0 unspecified atom stereocenters. The number of fused-ring (bicyclic) bond motifs is 1. The minimum Gasteiger partial charge on any atom is -0.467 e. The molecule has 0 saturated carbocycles. The maximum absolute atomic E-state index is 13.7. The summed E-state index contributed by atoms with van der Waals surface area (Å²) in [6.07, 6.45) is 16.4. The molecule has 8 nitrogen and oxygen atoms in total. The fourth-order valence-corrected chi connectivity index (χ4v) is 5.24. The van der Waals surface area contributed by atoms with E-state index >= 15 is 0 Å². The van der Waals surface area contributed by atoms with Crippen LogP contribution in [0.5, 0.6) is 11.5 Å². The van der Waals surface area contributed by atoms with Crippen LogP contribution in [0.25, 0.3) is 0 Å². The van der Waals surface area contributed by atoms with Gasteiger partial charge in [-0.15, -0.1) is 0 Å². The Morgan fingerprint density at radius 2 is 1.50 bits per heavy atom. The van der Waals surface area contributed by atoms with Gasteiger partial charge in [0.25, 0.3) is 0 Å². The first-order valence-corrected chi connectivity index (χ1v) is 16.1. The summed E-state index contributed by atoms with van der Waals surface area (Å²) in [7, 11) is 0. The first-order valence-electron chi connectivity index (χ1n) is 16.1. The number of rotatable bonds is 23. The topological polar surface area (TPSA) is 81.5 Å². The minimum absolute atomic E-state index is 0.0360. The average molecular weight is 585 g/mol. The number of hydrogen-bond donors (Lipinski definition) is 0. The second-order valence-corrected chi connectivity index (χ2v) is 11.2. The van der Waals surface area contributed by atoms with Crippen LogP contribution in [0, 0.1) is 0 Å². The van der Waals surface area contributed by atoms with Gasteiger partial charge in [0, 0.05) is 32.7 Å². The number of ether oxygens (including phenoxy) is 3. The van der Waals surface area contributed by atoms with Crippen molar-refractivity contribution in [2.45, 2.75) is 110 Å². The largest absolute Gasteiger partial charge is 0.467 e. The normalized spacial score (nSPS) is 12.0. The van der Waals surface area contributed by atoms with Crippen molar-refractivity contribution < 1.29 is 28.2 Å². The van der Waals surface area contributed by atoms with Gasteiger partial charge in [0.1, 0.15) is 5.76 Å². The molecule has 3 rings (SSSR count). The van der Waals surface area contributed by atoms with Crippen molar-refractivity contribution in [1.29, 1.82) is 0 Å².